The molecule has 1 aliphatic rings. The van der Waals surface area contributed by atoms with Crippen LogP contribution in [0.3, 0.4) is 0 Å². The lowest BCUT2D eigenvalue weighted by molar-refractivity contribution is 0.227. The summed E-state index contributed by atoms with van der Waals surface area (Å²) >= 11 is 0. The third-order valence-electron chi connectivity index (χ3n) is 3.33. The van der Waals surface area contributed by atoms with Crippen molar-refractivity contribution in [3.05, 3.63) is 35.1 Å². The largest absolute Gasteiger partial charge is 0.395 e. The number of halogens is 1. The van der Waals surface area contributed by atoms with Gasteiger partial charge in [0.05, 0.1) is 6.61 Å². The van der Waals surface area contributed by atoms with E-state index in [9.17, 15) is 4.39 Å². The smallest absolute Gasteiger partial charge is 0.123 e. The molecule has 1 aromatic carbocycles. The van der Waals surface area contributed by atoms with E-state index in [0.717, 1.165) is 24.8 Å². The molecule has 0 aliphatic heterocycles. The van der Waals surface area contributed by atoms with Crippen LogP contribution in [0.4, 0.5) is 4.39 Å². The van der Waals surface area contributed by atoms with E-state index in [4.69, 9.17) is 5.11 Å². The second kappa shape index (κ2) is 4.93. The van der Waals surface area contributed by atoms with Crippen molar-refractivity contribution in [1.29, 1.82) is 0 Å². The molecule has 0 aromatic heterocycles. The molecule has 2 N–H and O–H groups in total. The molecule has 0 amide bonds. The normalized spacial score (nSPS) is 20.8. The van der Waals surface area contributed by atoms with E-state index in [0.29, 0.717) is 0 Å². The Labute approximate surface area is 95.5 Å². The number of benzene rings is 1. The molecule has 0 saturated carbocycles. The van der Waals surface area contributed by atoms with Crippen LogP contribution in [-0.2, 0) is 6.42 Å². The standard InChI is InChI=1S/C13H18FNO/c1-2-11(8-16)15-13-6-3-9-7-10(14)4-5-12(9)13/h4-5,7,11,13,15-16H,2-3,6,8H2,1H3/t11-,13?/m1/s1. The van der Waals surface area contributed by atoms with E-state index in [2.05, 4.69) is 12.2 Å². The average molecular weight is 223 g/mol. The fourth-order valence-electron chi connectivity index (χ4n) is 2.34. The lowest BCUT2D eigenvalue weighted by Crippen LogP contribution is -2.34. The summed E-state index contributed by atoms with van der Waals surface area (Å²) in [6.07, 6.45) is 2.82. The van der Waals surface area contributed by atoms with E-state index in [1.54, 1.807) is 6.07 Å². The van der Waals surface area contributed by atoms with Crippen LogP contribution in [0.25, 0.3) is 0 Å². The van der Waals surface area contributed by atoms with Gasteiger partial charge in [-0.25, -0.2) is 4.39 Å². The minimum atomic E-state index is -0.159. The molecule has 16 heavy (non-hydrogen) atoms. The van der Waals surface area contributed by atoms with Gasteiger partial charge < -0.3 is 10.4 Å². The molecule has 1 aromatic rings. The second-order valence-corrected chi connectivity index (χ2v) is 4.39. The molecule has 0 fully saturated rings. The van der Waals surface area contributed by atoms with Crippen molar-refractivity contribution in [3.8, 4) is 0 Å². The third kappa shape index (κ3) is 2.25. The van der Waals surface area contributed by atoms with Gasteiger partial charge in [0.2, 0.25) is 0 Å². The first-order valence-corrected chi connectivity index (χ1v) is 5.89. The van der Waals surface area contributed by atoms with Crippen molar-refractivity contribution >= 4 is 0 Å². The van der Waals surface area contributed by atoms with Gasteiger partial charge in [0.25, 0.3) is 0 Å². The number of aliphatic hydroxyl groups excluding tert-OH is 1. The van der Waals surface area contributed by atoms with Crippen LogP contribution in [0, 0.1) is 5.82 Å². The Morgan fingerprint density at radius 3 is 3.06 bits per heavy atom. The van der Waals surface area contributed by atoms with Gasteiger partial charge in [-0.2, -0.15) is 0 Å². The van der Waals surface area contributed by atoms with Crippen LogP contribution in [0.15, 0.2) is 18.2 Å². The fraction of sp³-hybridized carbons (Fsp3) is 0.538. The van der Waals surface area contributed by atoms with E-state index in [1.165, 1.54) is 11.6 Å². The van der Waals surface area contributed by atoms with Crippen molar-refractivity contribution in [2.45, 2.75) is 38.3 Å². The molecule has 0 radical (unpaired) electrons. The summed E-state index contributed by atoms with van der Waals surface area (Å²) in [5, 5.41) is 12.6. The fourth-order valence-corrected chi connectivity index (χ4v) is 2.34. The molecule has 0 heterocycles. The van der Waals surface area contributed by atoms with E-state index in [1.807, 2.05) is 6.07 Å². The van der Waals surface area contributed by atoms with Crippen molar-refractivity contribution < 1.29 is 9.50 Å². The van der Waals surface area contributed by atoms with Crippen molar-refractivity contribution in [3.63, 3.8) is 0 Å². The molecule has 2 nitrogen and oxygen atoms in total. The summed E-state index contributed by atoms with van der Waals surface area (Å²) in [6.45, 7) is 2.21. The Balaban J connectivity index is 2.11. The summed E-state index contributed by atoms with van der Waals surface area (Å²) in [6, 6.07) is 5.41. The van der Waals surface area contributed by atoms with Crippen molar-refractivity contribution in [1.82, 2.24) is 5.32 Å². The zero-order chi connectivity index (χ0) is 11.5. The van der Waals surface area contributed by atoms with Gasteiger partial charge in [-0.05, 0) is 42.5 Å². The van der Waals surface area contributed by atoms with Gasteiger partial charge in [-0.15, -0.1) is 0 Å². The number of nitrogens with one attached hydrogen (secondary N) is 1. The van der Waals surface area contributed by atoms with Crippen molar-refractivity contribution in [2.24, 2.45) is 0 Å². The van der Waals surface area contributed by atoms with Crippen LogP contribution in [0.5, 0.6) is 0 Å². The maximum absolute atomic E-state index is 13.0. The zero-order valence-electron chi connectivity index (χ0n) is 9.54. The molecule has 1 aliphatic carbocycles. The van der Waals surface area contributed by atoms with Crippen molar-refractivity contribution in [2.75, 3.05) is 6.61 Å². The summed E-state index contributed by atoms with van der Waals surface area (Å²) in [5.41, 5.74) is 2.29. The third-order valence-corrected chi connectivity index (χ3v) is 3.33. The number of rotatable bonds is 4. The van der Waals surface area contributed by atoms with Crippen LogP contribution in [0.2, 0.25) is 0 Å². The number of aryl methyl sites for hydroxylation is 1. The number of fused-ring (bicyclic) bond motifs is 1. The van der Waals surface area contributed by atoms with E-state index < -0.39 is 0 Å². The van der Waals surface area contributed by atoms with Gasteiger partial charge in [-0.3, -0.25) is 0 Å². The Hall–Kier alpha value is -0.930. The molecular weight excluding hydrogens is 205 g/mol. The number of hydrogen-bond acceptors (Lipinski definition) is 2. The highest BCUT2D eigenvalue weighted by molar-refractivity contribution is 5.35. The SMILES string of the molecule is CC[C@H](CO)NC1CCc2cc(F)ccc21. The Kier molecular flexibility index (Phi) is 3.56. The summed E-state index contributed by atoms with van der Waals surface area (Å²) < 4.78 is 13.0. The highest BCUT2D eigenvalue weighted by Crippen LogP contribution is 2.31. The van der Waals surface area contributed by atoms with Crippen LogP contribution >= 0.6 is 0 Å². The van der Waals surface area contributed by atoms with Gasteiger partial charge in [-0.1, -0.05) is 13.0 Å². The minimum Gasteiger partial charge on any atom is -0.395 e. The van der Waals surface area contributed by atoms with Gasteiger partial charge in [0.15, 0.2) is 0 Å². The Bertz CT molecular complexity index is 363. The first-order chi connectivity index (χ1) is 7.74. The van der Waals surface area contributed by atoms with E-state index >= 15 is 0 Å². The Morgan fingerprint density at radius 1 is 1.56 bits per heavy atom. The monoisotopic (exact) mass is 223 g/mol. The van der Waals surface area contributed by atoms with Crippen LogP contribution < -0.4 is 5.32 Å². The molecule has 1 unspecified atom stereocenters. The summed E-state index contributed by atoms with van der Waals surface area (Å²) in [4.78, 5) is 0. The lowest BCUT2D eigenvalue weighted by atomic mass is 10.1. The highest BCUT2D eigenvalue weighted by Gasteiger charge is 2.24. The quantitative estimate of drug-likeness (QED) is 0.820. The molecular formula is C13H18FNO. The molecule has 88 valence electrons. The van der Waals surface area contributed by atoms with Gasteiger partial charge in [0.1, 0.15) is 5.82 Å². The number of aliphatic hydroxyl groups is 1. The Morgan fingerprint density at radius 2 is 2.38 bits per heavy atom. The minimum absolute atomic E-state index is 0.140. The topological polar surface area (TPSA) is 32.3 Å². The molecule has 2 atom stereocenters. The predicted molar refractivity (Wildman–Crippen MR) is 61.8 cm³/mol. The molecule has 2 rings (SSSR count). The van der Waals surface area contributed by atoms with Crippen LogP contribution in [0.1, 0.15) is 36.9 Å². The first kappa shape index (κ1) is 11.6. The summed E-state index contributed by atoms with van der Waals surface area (Å²) in [7, 11) is 0. The molecule has 0 bridgehead atoms. The maximum atomic E-state index is 13.0. The molecule has 3 heteroatoms. The first-order valence-electron chi connectivity index (χ1n) is 5.89. The lowest BCUT2D eigenvalue weighted by Gasteiger charge is -2.20. The van der Waals surface area contributed by atoms with Gasteiger partial charge in [0, 0.05) is 12.1 Å². The van der Waals surface area contributed by atoms with Crippen LogP contribution in [-0.4, -0.2) is 17.8 Å². The maximum Gasteiger partial charge on any atom is 0.123 e. The zero-order valence-corrected chi connectivity index (χ0v) is 9.54. The second-order valence-electron chi connectivity index (χ2n) is 4.39. The molecule has 0 saturated heterocycles. The van der Waals surface area contributed by atoms with Gasteiger partial charge >= 0.3 is 0 Å². The number of hydrogen-bond donors (Lipinski definition) is 2. The van der Waals surface area contributed by atoms with E-state index in [-0.39, 0.29) is 24.5 Å². The molecule has 0 spiro atoms. The average Bonchev–Trinajstić information content (AvgIpc) is 2.68. The highest BCUT2D eigenvalue weighted by atomic mass is 19.1. The predicted octanol–water partition coefficient (Wildman–Crippen LogP) is 2.17. The summed E-state index contributed by atoms with van der Waals surface area (Å²) in [5.74, 6) is -0.159.